The van der Waals surface area contributed by atoms with Crippen LogP contribution in [0.15, 0.2) is 40.9 Å². The highest BCUT2D eigenvalue weighted by Crippen LogP contribution is 2.39. The summed E-state index contributed by atoms with van der Waals surface area (Å²) < 4.78 is 5.28. The second kappa shape index (κ2) is 6.30. The van der Waals surface area contributed by atoms with Crippen molar-refractivity contribution >= 4 is 5.91 Å². The Labute approximate surface area is 147 Å². The van der Waals surface area contributed by atoms with E-state index >= 15 is 0 Å². The van der Waals surface area contributed by atoms with Crippen LogP contribution in [0.1, 0.15) is 53.9 Å². The number of likely N-dealkylation sites (tertiary alicyclic amines) is 1. The molecule has 25 heavy (non-hydrogen) atoms. The summed E-state index contributed by atoms with van der Waals surface area (Å²) >= 11 is 0. The van der Waals surface area contributed by atoms with Crippen LogP contribution in [0.5, 0.6) is 0 Å². The number of hydrogen-bond acceptors (Lipinski definition) is 4. The van der Waals surface area contributed by atoms with E-state index in [0.717, 1.165) is 25.0 Å². The first-order valence-corrected chi connectivity index (χ1v) is 9.05. The molecule has 5 nitrogen and oxygen atoms in total. The molecule has 1 aliphatic heterocycles. The largest absolute Gasteiger partial charge is 0.390 e. The van der Waals surface area contributed by atoms with E-state index in [1.165, 1.54) is 5.56 Å². The summed E-state index contributed by atoms with van der Waals surface area (Å²) in [6, 6.07) is 11.9. The average molecular weight is 340 g/mol. The SMILES string of the molecule is C[C@@]1(O)CCN(C(=O)c2cc(C3CC3)no2)C[C@@H]1Cc1ccccc1. The molecule has 1 aliphatic carbocycles. The molecule has 2 atom stereocenters. The van der Waals surface area contributed by atoms with E-state index in [9.17, 15) is 9.90 Å². The zero-order valence-electron chi connectivity index (χ0n) is 14.5. The Morgan fingerprint density at radius 2 is 2.12 bits per heavy atom. The lowest BCUT2D eigenvalue weighted by Gasteiger charge is -2.42. The van der Waals surface area contributed by atoms with Crippen LogP contribution in [-0.4, -0.2) is 39.8 Å². The maximum absolute atomic E-state index is 12.8. The molecule has 0 unspecified atom stereocenters. The molecule has 1 N–H and O–H groups in total. The van der Waals surface area contributed by atoms with Crippen molar-refractivity contribution in [1.29, 1.82) is 0 Å². The Balaban J connectivity index is 1.47. The Morgan fingerprint density at radius 3 is 2.84 bits per heavy atom. The Morgan fingerprint density at radius 1 is 1.36 bits per heavy atom. The monoisotopic (exact) mass is 340 g/mol. The summed E-state index contributed by atoms with van der Waals surface area (Å²) in [5, 5.41) is 14.8. The number of carbonyl (C=O) groups excluding carboxylic acids is 1. The number of carbonyl (C=O) groups is 1. The minimum atomic E-state index is -0.771. The van der Waals surface area contributed by atoms with Gasteiger partial charge in [-0.2, -0.15) is 0 Å². The van der Waals surface area contributed by atoms with Gasteiger partial charge in [-0.25, -0.2) is 0 Å². The van der Waals surface area contributed by atoms with Gasteiger partial charge in [0.2, 0.25) is 5.76 Å². The van der Waals surface area contributed by atoms with Crippen LogP contribution in [0.25, 0.3) is 0 Å². The molecule has 0 bridgehead atoms. The van der Waals surface area contributed by atoms with Gasteiger partial charge < -0.3 is 14.5 Å². The molecule has 0 spiro atoms. The van der Waals surface area contributed by atoms with E-state index in [1.807, 2.05) is 25.1 Å². The van der Waals surface area contributed by atoms with E-state index in [-0.39, 0.29) is 11.8 Å². The lowest BCUT2D eigenvalue weighted by Crippen LogP contribution is -2.52. The highest BCUT2D eigenvalue weighted by Gasteiger charge is 2.40. The van der Waals surface area contributed by atoms with E-state index in [2.05, 4.69) is 17.3 Å². The minimum absolute atomic E-state index is 0.00146. The quantitative estimate of drug-likeness (QED) is 0.929. The third-order valence-corrected chi connectivity index (χ3v) is 5.56. The van der Waals surface area contributed by atoms with Crippen LogP contribution in [0.3, 0.4) is 0 Å². The molecule has 1 aromatic carbocycles. The summed E-state index contributed by atoms with van der Waals surface area (Å²) in [4.78, 5) is 14.6. The zero-order chi connectivity index (χ0) is 17.4. The van der Waals surface area contributed by atoms with Crippen molar-refractivity contribution in [2.24, 2.45) is 5.92 Å². The predicted molar refractivity (Wildman–Crippen MR) is 93.3 cm³/mol. The van der Waals surface area contributed by atoms with Crippen LogP contribution in [0.2, 0.25) is 0 Å². The molecule has 1 saturated carbocycles. The van der Waals surface area contributed by atoms with Crippen LogP contribution in [0, 0.1) is 5.92 Å². The minimum Gasteiger partial charge on any atom is -0.390 e. The zero-order valence-corrected chi connectivity index (χ0v) is 14.5. The van der Waals surface area contributed by atoms with Crippen molar-refractivity contribution in [1.82, 2.24) is 10.1 Å². The molecule has 1 aromatic heterocycles. The smallest absolute Gasteiger partial charge is 0.292 e. The Hall–Kier alpha value is -2.14. The molecule has 2 aliphatic rings. The molecule has 1 saturated heterocycles. The predicted octanol–water partition coefficient (Wildman–Crippen LogP) is 3.01. The number of amides is 1. The van der Waals surface area contributed by atoms with Gasteiger partial charge in [-0.3, -0.25) is 4.79 Å². The summed E-state index contributed by atoms with van der Waals surface area (Å²) in [5.41, 5.74) is 1.30. The molecule has 4 rings (SSSR count). The van der Waals surface area contributed by atoms with E-state index < -0.39 is 5.60 Å². The summed E-state index contributed by atoms with van der Waals surface area (Å²) in [6.45, 7) is 2.94. The van der Waals surface area contributed by atoms with Crippen molar-refractivity contribution in [3.63, 3.8) is 0 Å². The van der Waals surface area contributed by atoms with Crippen LogP contribution in [-0.2, 0) is 6.42 Å². The Kier molecular flexibility index (Phi) is 4.12. The second-order valence-electron chi connectivity index (χ2n) is 7.64. The molecule has 132 valence electrons. The maximum Gasteiger partial charge on any atom is 0.292 e. The lowest BCUT2D eigenvalue weighted by atomic mass is 9.79. The fourth-order valence-corrected chi connectivity index (χ4v) is 3.60. The first kappa shape index (κ1) is 16.3. The summed E-state index contributed by atoms with van der Waals surface area (Å²) in [7, 11) is 0. The number of aromatic nitrogens is 1. The third kappa shape index (κ3) is 3.47. The highest BCUT2D eigenvalue weighted by molar-refractivity contribution is 5.91. The van der Waals surface area contributed by atoms with E-state index in [4.69, 9.17) is 4.52 Å². The lowest BCUT2D eigenvalue weighted by molar-refractivity contribution is -0.0513. The van der Waals surface area contributed by atoms with Gasteiger partial charge in [0.15, 0.2) is 0 Å². The molecule has 5 heteroatoms. The number of benzene rings is 1. The number of hydrogen-bond donors (Lipinski definition) is 1. The van der Waals surface area contributed by atoms with E-state index in [0.29, 0.717) is 31.2 Å². The van der Waals surface area contributed by atoms with Gasteiger partial charge in [0, 0.05) is 31.0 Å². The Bertz CT molecular complexity index is 749. The van der Waals surface area contributed by atoms with Crippen molar-refractivity contribution in [2.75, 3.05) is 13.1 Å². The number of aliphatic hydroxyl groups is 1. The molecule has 1 amide bonds. The number of rotatable bonds is 4. The highest BCUT2D eigenvalue weighted by atomic mass is 16.5. The van der Waals surface area contributed by atoms with Gasteiger partial charge in [0.1, 0.15) is 0 Å². The van der Waals surface area contributed by atoms with Crippen molar-refractivity contribution in [3.8, 4) is 0 Å². The fourth-order valence-electron chi connectivity index (χ4n) is 3.60. The van der Waals surface area contributed by atoms with Gasteiger partial charge in [0.05, 0.1) is 11.3 Å². The normalized spacial score (nSPS) is 26.6. The maximum atomic E-state index is 12.8. The molecular formula is C20H24N2O3. The van der Waals surface area contributed by atoms with Crippen molar-refractivity contribution in [2.45, 2.75) is 44.1 Å². The first-order chi connectivity index (χ1) is 12.0. The first-order valence-electron chi connectivity index (χ1n) is 9.05. The van der Waals surface area contributed by atoms with Gasteiger partial charge in [0.25, 0.3) is 5.91 Å². The van der Waals surface area contributed by atoms with E-state index in [1.54, 1.807) is 11.0 Å². The molecule has 2 fully saturated rings. The van der Waals surface area contributed by atoms with Gasteiger partial charge in [-0.05, 0) is 38.2 Å². The summed E-state index contributed by atoms with van der Waals surface area (Å²) in [5.74, 6) is 0.673. The van der Waals surface area contributed by atoms with Crippen molar-refractivity contribution < 1.29 is 14.4 Å². The average Bonchev–Trinajstić information content (AvgIpc) is 3.34. The topological polar surface area (TPSA) is 66.6 Å². The van der Waals surface area contributed by atoms with Crippen LogP contribution < -0.4 is 0 Å². The fraction of sp³-hybridized carbons (Fsp3) is 0.500. The third-order valence-electron chi connectivity index (χ3n) is 5.56. The van der Waals surface area contributed by atoms with Crippen LogP contribution >= 0.6 is 0 Å². The molecular weight excluding hydrogens is 316 g/mol. The number of nitrogens with zero attached hydrogens (tertiary/aromatic N) is 2. The molecule has 2 heterocycles. The molecule has 0 radical (unpaired) electrons. The number of piperidine rings is 1. The van der Waals surface area contributed by atoms with Gasteiger partial charge >= 0.3 is 0 Å². The standard InChI is InChI=1S/C20H24N2O3/c1-20(24)9-10-22(13-16(20)11-14-5-3-2-4-6-14)19(23)18-12-17(21-25-18)15-7-8-15/h2-6,12,15-16,24H,7-11,13H2,1H3/t16-,20+/m0/s1. The van der Waals surface area contributed by atoms with Crippen LogP contribution in [0.4, 0.5) is 0 Å². The summed E-state index contributed by atoms with van der Waals surface area (Å²) in [6.07, 6.45) is 3.58. The van der Waals surface area contributed by atoms with Gasteiger partial charge in [-0.15, -0.1) is 0 Å². The second-order valence-corrected chi connectivity index (χ2v) is 7.64. The van der Waals surface area contributed by atoms with Crippen molar-refractivity contribution in [3.05, 3.63) is 53.4 Å². The van der Waals surface area contributed by atoms with Gasteiger partial charge in [-0.1, -0.05) is 35.5 Å². The molecule has 2 aromatic rings.